The van der Waals surface area contributed by atoms with Gasteiger partial charge in [0, 0.05) is 16.6 Å². The summed E-state index contributed by atoms with van der Waals surface area (Å²) in [5.41, 5.74) is 1.92. The Morgan fingerprint density at radius 2 is 2.07 bits per heavy atom. The summed E-state index contributed by atoms with van der Waals surface area (Å²) in [6.07, 6.45) is 2.69. The van der Waals surface area contributed by atoms with E-state index in [0.29, 0.717) is 35.7 Å². The summed E-state index contributed by atoms with van der Waals surface area (Å²) in [5.74, 6) is 0.437. The summed E-state index contributed by atoms with van der Waals surface area (Å²) >= 11 is 3.46. The molecule has 2 aliphatic heterocycles. The summed E-state index contributed by atoms with van der Waals surface area (Å²) in [6, 6.07) is 10.8. The number of carbonyl (C=O) groups is 2. The standard InChI is InChI=1S/C21H17BrO5/c1-12-16(27-21(24)17-7-4-10-25-17)9-8-14-19(23)18(26-20(12)14)11-13-5-2-3-6-15(13)22/h2-3,5-6,8-9,11,17H,4,7,10H2,1H3/b18-11-. The topological polar surface area (TPSA) is 61.8 Å². The Hall–Kier alpha value is -2.44. The van der Waals surface area contributed by atoms with Gasteiger partial charge < -0.3 is 14.2 Å². The van der Waals surface area contributed by atoms with Crippen molar-refractivity contribution in [3.8, 4) is 11.5 Å². The third kappa shape index (κ3) is 3.42. The van der Waals surface area contributed by atoms with Gasteiger partial charge in [-0.3, -0.25) is 4.79 Å². The molecule has 1 saturated heterocycles. The van der Waals surface area contributed by atoms with Crippen LogP contribution in [-0.2, 0) is 9.53 Å². The van der Waals surface area contributed by atoms with Crippen LogP contribution in [-0.4, -0.2) is 24.5 Å². The first-order valence-corrected chi connectivity index (χ1v) is 9.49. The molecule has 0 spiro atoms. The van der Waals surface area contributed by atoms with E-state index < -0.39 is 12.1 Å². The molecule has 2 aromatic rings. The van der Waals surface area contributed by atoms with Gasteiger partial charge in [0.1, 0.15) is 11.5 Å². The molecular weight excluding hydrogens is 412 g/mol. The van der Waals surface area contributed by atoms with Crippen LogP contribution in [0, 0.1) is 6.92 Å². The van der Waals surface area contributed by atoms with Gasteiger partial charge in [0.05, 0.1) is 5.56 Å². The van der Waals surface area contributed by atoms with E-state index in [4.69, 9.17) is 14.2 Å². The maximum absolute atomic E-state index is 12.7. The van der Waals surface area contributed by atoms with Crippen LogP contribution in [0.5, 0.6) is 11.5 Å². The van der Waals surface area contributed by atoms with Crippen LogP contribution in [0.3, 0.4) is 0 Å². The number of allylic oxidation sites excluding steroid dienone is 1. The predicted octanol–water partition coefficient (Wildman–Crippen LogP) is 4.46. The molecule has 5 nitrogen and oxygen atoms in total. The van der Waals surface area contributed by atoms with E-state index in [-0.39, 0.29) is 11.5 Å². The summed E-state index contributed by atoms with van der Waals surface area (Å²) < 4.78 is 17.5. The average Bonchev–Trinajstić information content (AvgIpc) is 3.29. The third-order valence-electron chi connectivity index (χ3n) is 4.63. The molecule has 1 unspecified atom stereocenters. The van der Waals surface area contributed by atoms with Crippen LogP contribution in [0.2, 0.25) is 0 Å². The van der Waals surface area contributed by atoms with Gasteiger partial charge in [0.25, 0.3) is 0 Å². The van der Waals surface area contributed by atoms with E-state index in [1.165, 1.54) is 0 Å². The van der Waals surface area contributed by atoms with E-state index >= 15 is 0 Å². The van der Waals surface area contributed by atoms with E-state index in [2.05, 4.69) is 15.9 Å². The summed E-state index contributed by atoms with van der Waals surface area (Å²) in [4.78, 5) is 24.9. The van der Waals surface area contributed by atoms with Crippen molar-refractivity contribution < 1.29 is 23.8 Å². The molecule has 0 aliphatic carbocycles. The van der Waals surface area contributed by atoms with Crippen LogP contribution in [0.4, 0.5) is 0 Å². The molecule has 0 radical (unpaired) electrons. The lowest BCUT2D eigenvalue weighted by Crippen LogP contribution is -2.25. The number of rotatable bonds is 3. The number of ketones is 1. The molecule has 0 bridgehead atoms. The molecule has 2 aliphatic rings. The highest BCUT2D eigenvalue weighted by Crippen LogP contribution is 2.39. The lowest BCUT2D eigenvalue weighted by Gasteiger charge is -2.12. The number of fused-ring (bicyclic) bond motifs is 1. The Balaban J connectivity index is 1.61. The van der Waals surface area contributed by atoms with Crippen molar-refractivity contribution in [3.05, 3.63) is 63.3 Å². The molecule has 0 N–H and O–H groups in total. The van der Waals surface area contributed by atoms with Crippen molar-refractivity contribution in [1.29, 1.82) is 0 Å². The average molecular weight is 429 g/mol. The van der Waals surface area contributed by atoms with Crippen molar-refractivity contribution in [2.45, 2.75) is 25.9 Å². The van der Waals surface area contributed by atoms with Crippen molar-refractivity contribution in [2.24, 2.45) is 0 Å². The van der Waals surface area contributed by atoms with Crippen LogP contribution in [0.1, 0.15) is 34.3 Å². The lowest BCUT2D eigenvalue weighted by molar-refractivity contribution is -0.144. The first-order chi connectivity index (χ1) is 13.0. The normalized spacial score (nSPS) is 19.9. The highest BCUT2D eigenvalue weighted by atomic mass is 79.9. The van der Waals surface area contributed by atoms with E-state index in [1.54, 1.807) is 25.1 Å². The van der Waals surface area contributed by atoms with Crippen LogP contribution in [0.25, 0.3) is 6.08 Å². The van der Waals surface area contributed by atoms with Gasteiger partial charge in [-0.1, -0.05) is 34.1 Å². The number of halogens is 1. The fourth-order valence-electron chi connectivity index (χ4n) is 3.15. The van der Waals surface area contributed by atoms with Crippen molar-refractivity contribution in [2.75, 3.05) is 6.61 Å². The molecule has 27 heavy (non-hydrogen) atoms. The maximum Gasteiger partial charge on any atom is 0.340 e. The molecule has 1 fully saturated rings. The molecule has 1 atom stereocenters. The number of ether oxygens (including phenoxy) is 3. The maximum atomic E-state index is 12.7. The van der Waals surface area contributed by atoms with Gasteiger partial charge in [0.15, 0.2) is 11.9 Å². The quantitative estimate of drug-likeness (QED) is 0.410. The Morgan fingerprint density at radius 3 is 2.81 bits per heavy atom. The molecule has 0 aromatic heterocycles. The first kappa shape index (κ1) is 17.9. The SMILES string of the molecule is Cc1c(OC(=O)C2CCCO2)ccc2c1O/C(=C\c1ccccc1Br)C2=O. The number of benzene rings is 2. The Labute approximate surface area is 165 Å². The zero-order chi connectivity index (χ0) is 19.0. The molecule has 4 rings (SSSR count). The minimum Gasteiger partial charge on any atom is -0.452 e. The Morgan fingerprint density at radius 1 is 1.26 bits per heavy atom. The van der Waals surface area contributed by atoms with Crippen molar-refractivity contribution in [1.82, 2.24) is 0 Å². The minimum absolute atomic E-state index is 0.194. The number of hydrogen-bond acceptors (Lipinski definition) is 5. The van der Waals surface area contributed by atoms with Crippen LogP contribution >= 0.6 is 15.9 Å². The molecule has 0 saturated carbocycles. The molecule has 138 valence electrons. The molecule has 2 aromatic carbocycles. The highest BCUT2D eigenvalue weighted by Gasteiger charge is 2.32. The molecule has 0 amide bonds. The van der Waals surface area contributed by atoms with Crippen LogP contribution in [0.15, 0.2) is 46.6 Å². The fraction of sp³-hybridized carbons (Fsp3) is 0.238. The van der Waals surface area contributed by atoms with Crippen molar-refractivity contribution in [3.63, 3.8) is 0 Å². The summed E-state index contributed by atoms with van der Waals surface area (Å²) in [5, 5.41) is 0. The second-order valence-electron chi connectivity index (χ2n) is 6.45. The zero-order valence-electron chi connectivity index (χ0n) is 14.7. The smallest absolute Gasteiger partial charge is 0.340 e. The van der Waals surface area contributed by atoms with Gasteiger partial charge >= 0.3 is 5.97 Å². The van der Waals surface area contributed by atoms with Crippen LogP contribution < -0.4 is 9.47 Å². The number of carbonyl (C=O) groups excluding carboxylic acids is 2. The monoisotopic (exact) mass is 428 g/mol. The second kappa shape index (κ2) is 7.29. The van der Waals surface area contributed by atoms with E-state index in [9.17, 15) is 9.59 Å². The zero-order valence-corrected chi connectivity index (χ0v) is 16.2. The summed E-state index contributed by atoms with van der Waals surface area (Å²) in [6.45, 7) is 2.34. The first-order valence-electron chi connectivity index (χ1n) is 8.70. The summed E-state index contributed by atoms with van der Waals surface area (Å²) in [7, 11) is 0. The number of hydrogen-bond donors (Lipinski definition) is 0. The molecule has 2 heterocycles. The van der Waals surface area contributed by atoms with Gasteiger partial charge in [-0.2, -0.15) is 0 Å². The minimum atomic E-state index is -0.522. The Bertz CT molecular complexity index is 957. The van der Waals surface area contributed by atoms with Crippen molar-refractivity contribution >= 4 is 33.8 Å². The third-order valence-corrected chi connectivity index (χ3v) is 5.35. The largest absolute Gasteiger partial charge is 0.452 e. The predicted molar refractivity (Wildman–Crippen MR) is 103 cm³/mol. The van der Waals surface area contributed by atoms with E-state index in [0.717, 1.165) is 16.5 Å². The van der Waals surface area contributed by atoms with E-state index in [1.807, 2.05) is 24.3 Å². The fourth-order valence-corrected chi connectivity index (χ4v) is 3.55. The van der Waals surface area contributed by atoms with Gasteiger partial charge in [-0.15, -0.1) is 0 Å². The molecule has 6 heteroatoms. The highest BCUT2D eigenvalue weighted by molar-refractivity contribution is 9.10. The number of Topliss-reactive ketones (excluding diaryl/α,β-unsaturated/α-hetero) is 1. The van der Waals surface area contributed by atoms with Gasteiger partial charge in [-0.25, -0.2) is 4.79 Å². The van der Waals surface area contributed by atoms with Gasteiger partial charge in [-0.05, 0) is 49.6 Å². The molecular formula is C21H17BrO5. The Kier molecular flexibility index (Phi) is 4.85. The lowest BCUT2D eigenvalue weighted by atomic mass is 10.1. The number of esters is 1. The second-order valence-corrected chi connectivity index (χ2v) is 7.30. The van der Waals surface area contributed by atoms with Gasteiger partial charge in [0.2, 0.25) is 5.78 Å².